The van der Waals surface area contributed by atoms with E-state index >= 15 is 0 Å². The van der Waals surface area contributed by atoms with E-state index in [0.717, 1.165) is 31.7 Å². The minimum atomic E-state index is -0.955. The standard InChI is InChI=1S/C18H34NOP/c1-15(13-19-11-8-9-16(2)20-5)17-14-21(6,7)12-10-18(17,3)4/h17,19H,1-2,6,8-14H2,3-5,7H3. The Labute approximate surface area is 132 Å². The van der Waals surface area contributed by atoms with E-state index < -0.39 is 6.89 Å². The van der Waals surface area contributed by atoms with Crippen LogP contribution in [0.1, 0.15) is 33.1 Å². The van der Waals surface area contributed by atoms with Crippen LogP contribution in [0.2, 0.25) is 0 Å². The molecule has 0 aromatic rings. The van der Waals surface area contributed by atoms with Crippen molar-refractivity contribution in [3.63, 3.8) is 0 Å². The molecule has 0 amide bonds. The second-order valence-electron chi connectivity index (χ2n) is 7.50. The largest absolute Gasteiger partial charge is 0.502 e. The molecule has 122 valence electrons. The smallest absolute Gasteiger partial charge is 0.0884 e. The summed E-state index contributed by atoms with van der Waals surface area (Å²) >= 11 is 0. The third kappa shape index (κ3) is 6.04. The monoisotopic (exact) mass is 311 g/mol. The lowest BCUT2D eigenvalue weighted by molar-refractivity contribution is 0.247. The molecular weight excluding hydrogens is 277 g/mol. The third-order valence-electron chi connectivity index (χ3n) is 4.81. The predicted molar refractivity (Wildman–Crippen MR) is 99.0 cm³/mol. The van der Waals surface area contributed by atoms with Gasteiger partial charge in [0.05, 0.1) is 12.9 Å². The van der Waals surface area contributed by atoms with Gasteiger partial charge in [-0.05, 0) is 49.7 Å². The molecule has 0 aliphatic carbocycles. The van der Waals surface area contributed by atoms with Gasteiger partial charge >= 0.3 is 0 Å². The Balaban J connectivity index is 2.39. The van der Waals surface area contributed by atoms with Crippen LogP contribution in [-0.2, 0) is 4.74 Å². The van der Waals surface area contributed by atoms with E-state index in [9.17, 15) is 0 Å². The Kier molecular flexibility index (Phi) is 6.81. The molecule has 2 nitrogen and oxygen atoms in total. The number of rotatable bonds is 8. The van der Waals surface area contributed by atoms with E-state index in [0.29, 0.717) is 11.3 Å². The Hall–Kier alpha value is -0.460. The van der Waals surface area contributed by atoms with Gasteiger partial charge in [-0.2, -0.15) is 0 Å². The molecule has 1 aliphatic heterocycles. The van der Waals surface area contributed by atoms with Crippen molar-refractivity contribution in [3.8, 4) is 0 Å². The average molecular weight is 311 g/mol. The second-order valence-corrected chi connectivity index (χ2v) is 11.5. The van der Waals surface area contributed by atoms with Crippen LogP contribution >= 0.6 is 6.89 Å². The van der Waals surface area contributed by atoms with E-state index in [1.54, 1.807) is 7.11 Å². The molecule has 1 aliphatic rings. The minimum Gasteiger partial charge on any atom is -0.502 e. The Morgan fingerprint density at radius 1 is 1.38 bits per heavy atom. The van der Waals surface area contributed by atoms with Crippen LogP contribution < -0.4 is 5.32 Å². The molecule has 1 fully saturated rings. The highest BCUT2D eigenvalue weighted by Crippen LogP contribution is 2.55. The first-order chi connectivity index (χ1) is 9.68. The van der Waals surface area contributed by atoms with Gasteiger partial charge in [0.2, 0.25) is 0 Å². The van der Waals surface area contributed by atoms with Gasteiger partial charge in [-0.1, -0.05) is 32.6 Å². The summed E-state index contributed by atoms with van der Waals surface area (Å²) in [4.78, 5) is 0. The Morgan fingerprint density at radius 3 is 2.67 bits per heavy atom. The maximum atomic E-state index is 5.08. The van der Waals surface area contributed by atoms with Gasteiger partial charge in [-0.3, -0.25) is 0 Å². The van der Waals surface area contributed by atoms with Gasteiger partial charge in [0.1, 0.15) is 0 Å². The third-order valence-corrected chi connectivity index (χ3v) is 7.36. The maximum Gasteiger partial charge on any atom is 0.0884 e. The van der Waals surface area contributed by atoms with E-state index in [1.165, 1.54) is 24.3 Å². The first-order valence-electron chi connectivity index (χ1n) is 7.97. The normalized spacial score (nSPS) is 28.1. The summed E-state index contributed by atoms with van der Waals surface area (Å²) in [5.74, 6) is 1.48. The van der Waals surface area contributed by atoms with E-state index in [-0.39, 0.29) is 0 Å². The van der Waals surface area contributed by atoms with Gasteiger partial charge in [-0.25, -0.2) is 0 Å². The lowest BCUT2D eigenvalue weighted by Crippen LogP contribution is -2.36. The van der Waals surface area contributed by atoms with Crippen molar-refractivity contribution in [2.75, 3.05) is 39.2 Å². The van der Waals surface area contributed by atoms with Crippen molar-refractivity contribution >= 4 is 13.2 Å². The number of allylic oxidation sites excluding steroid dienone is 1. The summed E-state index contributed by atoms with van der Waals surface area (Å²) in [5, 5.41) is 3.52. The number of hydrogen-bond acceptors (Lipinski definition) is 2. The van der Waals surface area contributed by atoms with Crippen LogP contribution in [-0.4, -0.2) is 45.5 Å². The highest BCUT2D eigenvalue weighted by Gasteiger charge is 2.37. The van der Waals surface area contributed by atoms with Gasteiger partial charge in [0.25, 0.3) is 0 Å². The van der Waals surface area contributed by atoms with Crippen LogP contribution in [0.5, 0.6) is 0 Å². The Morgan fingerprint density at radius 2 is 2.05 bits per heavy atom. The molecule has 1 saturated heterocycles. The summed E-state index contributed by atoms with van der Waals surface area (Å²) in [7, 11) is 1.68. The molecule has 0 bridgehead atoms. The van der Waals surface area contributed by atoms with Gasteiger partial charge < -0.3 is 10.1 Å². The molecule has 21 heavy (non-hydrogen) atoms. The SMILES string of the molecule is C=C(CCCNCC(=C)C1CP(=C)(C)CCC1(C)C)OC. The summed E-state index contributed by atoms with van der Waals surface area (Å²) in [6, 6.07) is 0. The van der Waals surface area contributed by atoms with Crippen LogP contribution in [0.15, 0.2) is 24.5 Å². The summed E-state index contributed by atoms with van der Waals surface area (Å²) in [6.07, 6.45) is 10.4. The first kappa shape index (κ1) is 18.6. The lowest BCUT2D eigenvalue weighted by atomic mass is 9.74. The predicted octanol–water partition coefficient (Wildman–Crippen LogP) is 4.20. The average Bonchev–Trinajstić information content (AvgIpc) is 2.41. The quantitative estimate of drug-likeness (QED) is 0.314. The number of methoxy groups -OCH3 is 1. The zero-order chi connectivity index (χ0) is 16.1. The van der Waals surface area contributed by atoms with Crippen molar-refractivity contribution in [1.29, 1.82) is 0 Å². The molecule has 0 radical (unpaired) electrons. The van der Waals surface area contributed by atoms with Crippen molar-refractivity contribution in [3.05, 3.63) is 24.5 Å². The molecule has 3 heteroatoms. The highest BCUT2D eigenvalue weighted by molar-refractivity contribution is 7.73. The van der Waals surface area contributed by atoms with Crippen molar-refractivity contribution in [2.24, 2.45) is 11.3 Å². The topological polar surface area (TPSA) is 21.3 Å². The van der Waals surface area contributed by atoms with E-state index in [1.807, 2.05) is 0 Å². The van der Waals surface area contributed by atoms with Crippen LogP contribution in [0.25, 0.3) is 0 Å². The molecule has 1 heterocycles. The first-order valence-corrected chi connectivity index (χ1v) is 10.8. The maximum absolute atomic E-state index is 5.08. The molecule has 0 saturated carbocycles. The molecule has 1 rings (SSSR count). The summed E-state index contributed by atoms with van der Waals surface area (Å²) < 4.78 is 5.08. The van der Waals surface area contributed by atoms with Gasteiger partial charge in [0.15, 0.2) is 0 Å². The fourth-order valence-electron chi connectivity index (χ4n) is 3.08. The molecule has 2 unspecified atom stereocenters. The lowest BCUT2D eigenvalue weighted by Gasteiger charge is -2.45. The van der Waals surface area contributed by atoms with E-state index in [4.69, 9.17) is 4.74 Å². The molecule has 0 spiro atoms. The fraction of sp³-hybridized carbons (Fsp3) is 0.722. The number of ether oxygens (including phenoxy) is 1. The number of hydrogen-bond donors (Lipinski definition) is 1. The molecule has 1 N–H and O–H groups in total. The molecule has 0 aromatic carbocycles. The van der Waals surface area contributed by atoms with Gasteiger partial charge in [-0.15, -0.1) is 13.2 Å². The molecular formula is C18H34NOP. The second kappa shape index (κ2) is 7.70. The summed E-state index contributed by atoms with van der Waals surface area (Å²) in [5.41, 5.74) is 1.74. The van der Waals surface area contributed by atoms with Crippen molar-refractivity contribution in [1.82, 2.24) is 5.32 Å². The van der Waals surface area contributed by atoms with Gasteiger partial charge in [0, 0.05) is 13.0 Å². The Bertz CT molecular complexity index is 425. The summed E-state index contributed by atoms with van der Waals surface area (Å²) in [6.45, 7) is 16.4. The minimum absolute atomic E-state index is 0.375. The fourth-order valence-corrected chi connectivity index (χ4v) is 6.01. The van der Waals surface area contributed by atoms with Crippen LogP contribution in [0, 0.1) is 11.3 Å². The molecule has 0 aromatic heterocycles. The van der Waals surface area contributed by atoms with E-state index in [2.05, 4.69) is 45.3 Å². The van der Waals surface area contributed by atoms with Crippen molar-refractivity contribution < 1.29 is 4.74 Å². The van der Waals surface area contributed by atoms with Crippen LogP contribution in [0.3, 0.4) is 0 Å². The highest BCUT2D eigenvalue weighted by atomic mass is 31.2. The zero-order valence-corrected chi connectivity index (χ0v) is 15.4. The van der Waals surface area contributed by atoms with Crippen molar-refractivity contribution in [2.45, 2.75) is 33.1 Å². The number of nitrogens with one attached hydrogen (secondary N) is 1. The zero-order valence-electron chi connectivity index (χ0n) is 14.5. The molecule has 2 atom stereocenters. The van der Waals surface area contributed by atoms with Crippen LogP contribution in [0.4, 0.5) is 0 Å².